The van der Waals surface area contributed by atoms with Crippen molar-refractivity contribution in [3.8, 4) is 0 Å². The second-order valence-corrected chi connectivity index (χ2v) is 6.67. The van der Waals surface area contributed by atoms with Crippen LogP contribution in [0.25, 0.3) is 0 Å². The van der Waals surface area contributed by atoms with Crippen molar-refractivity contribution in [3.05, 3.63) is 35.6 Å². The van der Waals surface area contributed by atoms with Crippen LogP contribution in [0.3, 0.4) is 0 Å². The number of likely N-dealkylation sites (N-methyl/N-ethyl adjacent to an activating group) is 2. The van der Waals surface area contributed by atoms with Crippen LogP contribution in [0.1, 0.15) is 18.9 Å². The van der Waals surface area contributed by atoms with Gasteiger partial charge >= 0.3 is 12.0 Å². The van der Waals surface area contributed by atoms with E-state index < -0.39 is 12.1 Å². The number of aliphatic imine (C=N–C) groups is 1. The lowest BCUT2D eigenvalue weighted by molar-refractivity contribution is -0.553. The standard InChI is InChI=1S/C19H24FN5O3/c1-4-28-11-5-10-21-18-22-16-15(17(26)24(3)19(27)23(16)2)25(18)12-13-6-8-14(20)9-7-13/h6-9,15H,4-5,10-12H2,1-3H3/p+1. The second-order valence-electron chi connectivity index (χ2n) is 6.67. The van der Waals surface area contributed by atoms with Crippen LogP contribution in [0.2, 0.25) is 0 Å². The van der Waals surface area contributed by atoms with Gasteiger partial charge in [-0.2, -0.15) is 0 Å². The molecule has 2 aliphatic rings. The van der Waals surface area contributed by atoms with Gasteiger partial charge in [-0.1, -0.05) is 17.1 Å². The monoisotopic (exact) mass is 390 g/mol. The van der Waals surface area contributed by atoms with Gasteiger partial charge < -0.3 is 4.74 Å². The van der Waals surface area contributed by atoms with Gasteiger partial charge in [-0.15, -0.1) is 0 Å². The van der Waals surface area contributed by atoms with E-state index in [4.69, 9.17) is 4.74 Å². The minimum Gasteiger partial charge on any atom is -0.382 e. The number of amidine groups is 1. The average molecular weight is 390 g/mol. The number of urea groups is 1. The molecule has 2 heterocycles. The zero-order valence-corrected chi connectivity index (χ0v) is 16.3. The molecule has 1 unspecified atom stereocenters. The molecule has 1 N–H and O–H groups in total. The molecule has 1 aromatic carbocycles. The topological polar surface area (TPSA) is 77.2 Å². The molecule has 150 valence electrons. The summed E-state index contributed by atoms with van der Waals surface area (Å²) in [4.78, 5) is 32.1. The Morgan fingerprint density at radius 2 is 1.93 bits per heavy atom. The van der Waals surface area contributed by atoms with Crippen molar-refractivity contribution >= 4 is 23.7 Å². The molecule has 0 spiro atoms. The number of carbonyl (C=O) groups is 2. The van der Waals surface area contributed by atoms with E-state index in [0.717, 1.165) is 16.9 Å². The van der Waals surface area contributed by atoms with E-state index in [0.29, 0.717) is 38.1 Å². The molecule has 9 heteroatoms. The van der Waals surface area contributed by atoms with Crippen molar-refractivity contribution in [2.75, 3.05) is 33.9 Å². The Kier molecular flexibility index (Phi) is 6.03. The highest BCUT2D eigenvalue weighted by Gasteiger charge is 2.51. The molecule has 0 aromatic heterocycles. The van der Waals surface area contributed by atoms with Crippen LogP contribution in [0, 0.1) is 5.82 Å². The highest BCUT2D eigenvalue weighted by molar-refractivity contribution is 6.22. The molecule has 1 saturated heterocycles. The Balaban J connectivity index is 1.87. The molecule has 0 saturated carbocycles. The van der Waals surface area contributed by atoms with E-state index >= 15 is 0 Å². The van der Waals surface area contributed by atoms with Gasteiger partial charge in [-0.05, 0) is 24.6 Å². The smallest absolute Gasteiger partial charge is 0.382 e. The number of imide groups is 1. The first-order valence-corrected chi connectivity index (χ1v) is 9.27. The fourth-order valence-electron chi connectivity index (χ4n) is 3.21. The summed E-state index contributed by atoms with van der Waals surface area (Å²) in [5.74, 6) is 0.251. The maximum absolute atomic E-state index is 13.3. The van der Waals surface area contributed by atoms with Gasteiger partial charge in [0.1, 0.15) is 5.82 Å². The summed E-state index contributed by atoms with van der Waals surface area (Å²) in [7, 11) is 3.06. The van der Waals surface area contributed by atoms with Crippen molar-refractivity contribution in [3.63, 3.8) is 0 Å². The normalized spacial score (nSPS) is 19.3. The van der Waals surface area contributed by atoms with Gasteiger partial charge in [0, 0.05) is 33.7 Å². The number of hydrogen-bond donors (Lipinski definition) is 1. The van der Waals surface area contributed by atoms with Crippen LogP contribution in [-0.2, 0) is 16.1 Å². The number of amides is 3. The number of halogens is 1. The summed E-state index contributed by atoms with van der Waals surface area (Å²) in [6.45, 7) is 4.18. The summed E-state index contributed by atoms with van der Waals surface area (Å²) in [6.07, 6.45) is 0.778. The molecule has 28 heavy (non-hydrogen) atoms. The van der Waals surface area contributed by atoms with Gasteiger partial charge in [0.2, 0.25) is 11.9 Å². The van der Waals surface area contributed by atoms with Crippen LogP contribution in [-0.4, -0.2) is 78.0 Å². The first-order chi connectivity index (χ1) is 13.4. The van der Waals surface area contributed by atoms with Crippen LogP contribution in [0.4, 0.5) is 9.18 Å². The summed E-state index contributed by atoms with van der Waals surface area (Å²) in [5.41, 5.74) is 0.835. The summed E-state index contributed by atoms with van der Waals surface area (Å²) >= 11 is 0. The Bertz CT molecular complexity index is 821. The lowest BCUT2D eigenvalue weighted by atomic mass is 10.1. The Hall–Kier alpha value is -2.81. The predicted octanol–water partition coefficient (Wildman–Crippen LogP) is 1.01. The number of hydrogen-bond acceptors (Lipinski definition) is 5. The molecular weight excluding hydrogens is 365 g/mol. The van der Waals surface area contributed by atoms with E-state index in [2.05, 4.69) is 10.3 Å². The first-order valence-electron chi connectivity index (χ1n) is 9.27. The van der Waals surface area contributed by atoms with E-state index in [1.54, 1.807) is 19.2 Å². The number of rotatable bonds is 7. The number of ether oxygens (including phenoxy) is 1. The van der Waals surface area contributed by atoms with Gasteiger partial charge in [0.05, 0.1) is 13.1 Å². The molecule has 3 amide bonds. The SMILES string of the molecule is CCOCCCNC1=[N+](Cc2ccc(F)cc2)C2C(=O)N(C)C(=O)N(C)C2=N1. The average Bonchev–Trinajstić information content (AvgIpc) is 3.04. The zero-order valence-electron chi connectivity index (χ0n) is 16.3. The molecule has 0 aliphatic carbocycles. The fourth-order valence-corrected chi connectivity index (χ4v) is 3.21. The molecule has 8 nitrogen and oxygen atoms in total. The molecule has 1 fully saturated rings. The maximum atomic E-state index is 13.3. The van der Waals surface area contributed by atoms with Crippen LogP contribution in [0.5, 0.6) is 0 Å². The Morgan fingerprint density at radius 1 is 1.21 bits per heavy atom. The quantitative estimate of drug-likeness (QED) is 0.557. The van der Waals surface area contributed by atoms with Gasteiger partial charge in [0.15, 0.2) is 0 Å². The molecule has 3 rings (SSSR count). The van der Waals surface area contributed by atoms with E-state index in [-0.39, 0.29) is 11.7 Å². The minimum absolute atomic E-state index is 0.320. The maximum Gasteiger partial charge on any atom is 0.390 e. The van der Waals surface area contributed by atoms with Gasteiger partial charge in [-0.3, -0.25) is 19.9 Å². The van der Waals surface area contributed by atoms with E-state index in [9.17, 15) is 14.0 Å². The summed E-state index contributed by atoms with van der Waals surface area (Å²) < 4.78 is 20.4. The predicted molar refractivity (Wildman–Crippen MR) is 102 cm³/mol. The third-order valence-electron chi connectivity index (χ3n) is 4.75. The highest BCUT2D eigenvalue weighted by Crippen LogP contribution is 2.20. The number of nitrogens with one attached hydrogen (secondary N) is 1. The van der Waals surface area contributed by atoms with Crippen LogP contribution < -0.4 is 5.32 Å². The van der Waals surface area contributed by atoms with Crippen molar-refractivity contribution in [2.24, 2.45) is 4.99 Å². The van der Waals surface area contributed by atoms with Gasteiger partial charge in [-0.25, -0.2) is 13.8 Å². The van der Waals surface area contributed by atoms with Crippen molar-refractivity contribution < 1.29 is 23.3 Å². The number of nitrogens with zero attached hydrogens (tertiary/aromatic N) is 4. The third-order valence-corrected chi connectivity index (χ3v) is 4.75. The number of guanidine groups is 1. The fraction of sp³-hybridized carbons (Fsp3) is 0.474. The second kappa shape index (κ2) is 8.47. The largest absolute Gasteiger partial charge is 0.390 e. The molecule has 1 aromatic rings. The molecule has 0 radical (unpaired) electrons. The van der Waals surface area contributed by atoms with Crippen LogP contribution >= 0.6 is 0 Å². The molecular formula is C19H25FN5O3+. The molecule has 0 bridgehead atoms. The van der Waals surface area contributed by atoms with E-state index in [1.165, 1.54) is 24.1 Å². The van der Waals surface area contributed by atoms with Crippen LogP contribution in [0.15, 0.2) is 29.3 Å². The number of benzene rings is 1. The number of fused-ring (bicyclic) bond motifs is 1. The van der Waals surface area contributed by atoms with Gasteiger partial charge in [0.25, 0.3) is 5.91 Å². The van der Waals surface area contributed by atoms with Crippen molar-refractivity contribution in [1.29, 1.82) is 0 Å². The summed E-state index contributed by atoms with van der Waals surface area (Å²) in [5, 5.41) is 3.24. The Morgan fingerprint density at radius 3 is 2.61 bits per heavy atom. The summed E-state index contributed by atoms with van der Waals surface area (Å²) in [6, 6.07) is 4.99. The van der Waals surface area contributed by atoms with E-state index in [1.807, 2.05) is 11.5 Å². The first kappa shape index (κ1) is 19.9. The van der Waals surface area contributed by atoms with Crippen molar-refractivity contribution in [2.45, 2.75) is 25.9 Å². The lowest BCUT2D eigenvalue weighted by Gasteiger charge is -2.31. The van der Waals surface area contributed by atoms with Crippen molar-refractivity contribution in [1.82, 2.24) is 15.1 Å². The molecule has 2 aliphatic heterocycles. The third kappa shape index (κ3) is 3.89. The highest BCUT2D eigenvalue weighted by atomic mass is 19.1. The Labute approximate surface area is 163 Å². The number of carbonyl (C=O) groups excluding carboxylic acids is 2. The lowest BCUT2D eigenvalue weighted by Crippen LogP contribution is -2.61. The zero-order chi connectivity index (χ0) is 20.3. The minimum atomic E-state index is -0.702. The molecule has 1 atom stereocenters.